The van der Waals surface area contributed by atoms with Crippen LogP contribution >= 0.6 is 0 Å². The van der Waals surface area contributed by atoms with Gasteiger partial charge in [-0.05, 0) is 18.1 Å². The van der Waals surface area contributed by atoms with Gasteiger partial charge in [-0.15, -0.1) is 0 Å². The second kappa shape index (κ2) is 7.55. The zero-order valence-electron chi connectivity index (χ0n) is 14.7. The van der Waals surface area contributed by atoms with Gasteiger partial charge >= 0.3 is 6.03 Å². The van der Waals surface area contributed by atoms with Crippen LogP contribution < -0.4 is 10.2 Å². The fourth-order valence-electron chi connectivity index (χ4n) is 2.96. The van der Waals surface area contributed by atoms with Crippen molar-refractivity contribution < 1.29 is 9.18 Å². The van der Waals surface area contributed by atoms with Crippen molar-refractivity contribution in [2.75, 3.05) is 36.4 Å². The van der Waals surface area contributed by atoms with Crippen LogP contribution in [0.15, 0.2) is 36.7 Å². The van der Waals surface area contributed by atoms with Gasteiger partial charge in [0.05, 0.1) is 17.6 Å². The zero-order chi connectivity index (χ0) is 17.8. The Morgan fingerprint density at radius 2 is 1.96 bits per heavy atom. The van der Waals surface area contributed by atoms with E-state index in [1.54, 1.807) is 23.2 Å². The van der Waals surface area contributed by atoms with Gasteiger partial charge in [-0.1, -0.05) is 26.0 Å². The van der Waals surface area contributed by atoms with Gasteiger partial charge in [-0.2, -0.15) is 5.10 Å². The smallest absolute Gasteiger partial charge is 0.322 e. The molecular weight excluding hydrogens is 321 g/mol. The molecule has 1 saturated heterocycles. The number of rotatable bonds is 4. The number of para-hydroxylation sites is 1. The maximum absolute atomic E-state index is 13.9. The number of hydrogen-bond donors (Lipinski definition) is 1. The van der Waals surface area contributed by atoms with Gasteiger partial charge in [-0.25, -0.2) is 9.18 Å². The molecule has 0 bridgehead atoms. The minimum atomic E-state index is -0.224. The summed E-state index contributed by atoms with van der Waals surface area (Å²) >= 11 is 0. The molecule has 1 N–H and O–H groups in total. The van der Waals surface area contributed by atoms with Crippen molar-refractivity contribution >= 4 is 17.4 Å². The Hall–Kier alpha value is -2.57. The fourth-order valence-corrected chi connectivity index (χ4v) is 2.96. The predicted octanol–water partition coefficient (Wildman–Crippen LogP) is 3.03. The van der Waals surface area contributed by atoms with Crippen LogP contribution in [0.1, 0.15) is 13.8 Å². The molecule has 134 valence electrons. The van der Waals surface area contributed by atoms with Gasteiger partial charge < -0.3 is 15.1 Å². The first kappa shape index (κ1) is 17.3. The lowest BCUT2D eigenvalue weighted by Gasteiger charge is -2.36. The second-order valence-corrected chi connectivity index (χ2v) is 6.70. The molecule has 3 rings (SSSR count). The van der Waals surface area contributed by atoms with Crippen LogP contribution in [-0.2, 0) is 6.54 Å². The SMILES string of the molecule is CC(C)Cn1cc(NC(=O)N2CCN(c3ccccc3F)CC2)cn1. The molecule has 1 aliphatic rings. The molecule has 0 radical (unpaired) electrons. The molecule has 25 heavy (non-hydrogen) atoms. The average molecular weight is 345 g/mol. The molecule has 0 aliphatic carbocycles. The molecule has 0 spiro atoms. The summed E-state index contributed by atoms with van der Waals surface area (Å²) in [6, 6.07) is 6.60. The highest BCUT2D eigenvalue weighted by Gasteiger charge is 2.23. The number of nitrogens with zero attached hydrogens (tertiary/aromatic N) is 4. The Bertz CT molecular complexity index is 722. The van der Waals surface area contributed by atoms with Crippen LogP contribution in [-0.4, -0.2) is 46.9 Å². The van der Waals surface area contributed by atoms with Crippen molar-refractivity contribution in [3.63, 3.8) is 0 Å². The molecule has 1 aromatic carbocycles. The van der Waals surface area contributed by atoms with E-state index in [0.717, 1.165) is 6.54 Å². The third-order valence-electron chi connectivity index (χ3n) is 4.20. The lowest BCUT2D eigenvalue weighted by Crippen LogP contribution is -2.50. The first-order chi connectivity index (χ1) is 12.0. The number of halogens is 1. The molecule has 1 aromatic heterocycles. The van der Waals surface area contributed by atoms with E-state index >= 15 is 0 Å². The van der Waals surface area contributed by atoms with Crippen molar-refractivity contribution in [2.45, 2.75) is 20.4 Å². The highest BCUT2D eigenvalue weighted by molar-refractivity contribution is 5.89. The van der Waals surface area contributed by atoms with E-state index in [1.807, 2.05) is 21.8 Å². The van der Waals surface area contributed by atoms with Gasteiger partial charge in [0.15, 0.2) is 0 Å². The number of piperazine rings is 1. The summed E-state index contributed by atoms with van der Waals surface area (Å²) in [6.45, 7) is 7.39. The van der Waals surface area contributed by atoms with Crippen molar-refractivity contribution in [3.8, 4) is 0 Å². The van der Waals surface area contributed by atoms with Gasteiger partial charge in [0, 0.05) is 38.9 Å². The molecule has 0 atom stereocenters. The van der Waals surface area contributed by atoms with Crippen molar-refractivity contribution in [1.29, 1.82) is 0 Å². The van der Waals surface area contributed by atoms with Crippen molar-refractivity contribution in [1.82, 2.24) is 14.7 Å². The summed E-state index contributed by atoms with van der Waals surface area (Å²) in [4.78, 5) is 16.1. The lowest BCUT2D eigenvalue weighted by atomic mass is 10.2. The lowest BCUT2D eigenvalue weighted by molar-refractivity contribution is 0.208. The number of urea groups is 1. The summed E-state index contributed by atoms with van der Waals surface area (Å²) in [7, 11) is 0. The van der Waals surface area contributed by atoms with Crippen LogP contribution in [0.5, 0.6) is 0 Å². The first-order valence-electron chi connectivity index (χ1n) is 8.61. The number of benzene rings is 1. The van der Waals surface area contributed by atoms with Crippen molar-refractivity contribution in [2.24, 2.45) is 5.92 Å². The molecule has 0 saturated carbocycles. The normalized spacial score (nSPS) is 14.9. The Labute approximate surface area is 147 Å². The number of amides is 2. The summed E-state index contributed by atoms with van der Waals surface area (Å²) in [5.74, 6) is 0.271. The summed E-state index contributed by atoms with van der Waals surface area (Å²) in [5, 5.41) is 7.13. The van der Waals surface area contributed by atoms with E-state index in [9.17, 15) is 9.18 Å². The third-order valence-corrected chi connectivity index (χ3v) is 4.20. The maximum atomic E-state index is 13.9. The van der Waals surface area contributed by atoms with Gasteiger partial charge in [0.25, 0.3) is 0 Å². The molecule has 2 aromatic rings. The summed E-state index contributed by atoms with van der Waals surface area (Å²) in [5.41, 5.74) is 1.29. The van der Waals surface area contributed by atoms with Gasteiger partial charge in [-0.3, -0.25) is 4.68 Å². The standard InChI is InChI=1S/C18H24FN5O/c1-14(2)12-24-13-15(11-20-24)21-18(25)23-9-7-22(8-10-23)17-6-4-3-5-16(17)19/h3-6,11,13-14H,7-10,12H2,1-2H3,(H,21,25). The first-order valence-corrected chi connectivity index (χ1v) is 8.61. The molecular formula is C18H24FN5O. The third kappa shape index (κ3) is 4.29. The number of carbonyl (C=O) groups is 1. The quantitative estimate of drug-likeness (QED) is 0.927. The number of hydrogen-bond acceptors (Lipinski definition) is 3. The highest BCUT2D eigenvalue weighted by atomic mass is 19.1. The van der Waals surface area contributed by atoms with Gasteiger partial charge in [0.2, 0.25) is 0 Å². The zero-order valence-corrected chi connectivity index (χ0v) is 14.7. The Morgan fingerprint density at radius 1 is 1.24 bits per heavy atom. The molecule has 6 nitrogen and oxygen atoms in total. The minimum Gasteiger partial charge on any atom is -0.366 e. The molecule has 1 fully saturated rings. The summed E-state index contributed by atoms with van der Waals surface area (Å²) < 4.78 is 15.7. The monoisotopic (exact) mass is 345 g/mol. The average Bonchev–Trinajstić information content (AvgIpc) is 3.01. The minimum absolute atomic E-state index is 0.141. The van der Waals surface area contributed by atoms with E-state index < -0.39 is 0 Å². The van der Waals surface area contributed by atoms with Crippen molar-refractivity contribution in [3.05, 3.63) is 42.5 Å². The molecule has 2 amide bonds. The Balaban J connectivity index is 1.53. The van der Waals surface area contributed by atoms with Crippen LogP contribution in [0, 0.1) is 11.7 Å². The summed E-state index contributed by atoms with van der Waals surface area (Å²) in [6.07, 6.45) is 3.50. The van der Waals surface area contributed by atoms with E-state index in [1.165, 1.54) is 6.07 Å². The van der Waals surface area contributed by atoms with Crippen LogP contribution in [0.3, 0.4) is 0 Å². The number of nitrogens with one attached hydrogen (secondary N) is 1. The van der Waals surface area contributed by atoms with E-state index in [4.69, 9.17) is 0 Å². The van der Waals surface area contributed by atoms with E-state index in [-0.39, 0.29) is 11.8 Å². The highest BCUT2D eigenvalue weighted by Crippen LogP contribution is 2.20. The number of aromatic nitrogens is 2. The predicted molar refractivity (Wildman–Crippen MR) is 96.3 cm³/mol. The molecule has 2 heterocycles. The van der Waals surface area contributed by atoms with Crippen LogP contribution in [0.25, 0.3) is 0 Å². The topological polar surface area (TPSA) is 53.4 Å². The molecule has 1 aliphatic heterocycles. The molecule has 0 unspecified atom stereocenters. The fraction of sp³-hybridized carbons (Fsp3) is 0.444. The van der Waals surface area contributed by atoms with Crippen LogP contribution in [0.2, 0.25) is 0 Å². The van der Waals surface area contributed by atoms with Gasteiger partial charge in [0.1, 0.15) is 5.82 Å². The molecule has 7 heteroatoms. The Kier molecular flexibility index (Phi) is 5.21. The van der Waals surface area contributed by atoms with E-state index in [0.29, 0.717) is 43.5 Å². The van der Waals surface area contributed by atoms with Crippen LogP contribution in [0.4, 0.5) is 20.6 Å². The largest absolute Gasteiger partial charge is 0.366 e. The maximum Gasteiger partial charge on any atom is 0.322 e. The Morgan fingerprint density at radius 3 is 2.64 bits per heavy atom. The van der Waals surface area contributed by atoms with E-state index in [2.05, 4.69) is 24.3 Å². The second-order valence-electron chi connectivity index (χ2n) is 6.70. The number of anilines is 2. The number of carbonyl (C=O) groups excluding carboxylic acids is 1.